The maximum atomic E-state index is 13.6. The zero-order chi connectivity index (χ0) is 22.3. The molecule has 5 rings (SSSR count). The van der Waals surface area contributed by atoms with Gasteiger partial charge in [-0.25, -0.2) is 0 Å². The number of likely N-dealkylation sites (tertiary alicyclic amines) is 1. The van der Waals surface area contributed by atoms with Crippen LogP contribution in [0.25, 0.3) is 0 Å². The maximum Gasteiger partial charge on any atom is 0.290 e. The van der Waals surface area contributed by atoms with E-state index in [0.29, 0.717) is 30.2 Å². The Balaban J connectivity index is 1.63. The Morgan fingerprint density at radius 2 is 2.06 bits per heavy atom. The fourth-order valence-electron chi connectivity index (χ4n) is 5.03. The summed E-state index contributed by atoms with van der Waals surface area (Å²) in [6.07, 6.45) is 2.52. The molecule has 1 aromatic heterocycles. The number of furan rings is 1. The van der Waals surface area contributed by atoms with Crippen LogP contribution in [0, 0.1) is 0 Å². The third-order valence-electron chi connectivity index (χ3n) is 6.42. The summed E-state index contributed by atoms with van der Waals surface area (Å²) in [5, 5.41) is 3.04. The first-order valence-corrected chi connectivity index (χ1v) is 11.9. The van der Waals surface area contributed by atoms with E-state index in [-0.39, 0.29) is 11.8 Å². The minimum Gasteiger partial charge on any atom is -0.497 e. The number of carbonyl (C=O) groups is 2. The van der Waals surface area contributed by atoms with Crippen LogP contribution in [-0.2, 0) is 16.0 Å². The molecule has 1 N–H and O–H groups in total. The minimum absolute atomic E-state index is 0.0793. The summed E-state index contributed by atoms with van der Waals surface area (Å²) in [4.78, 5) is 28.9. The van der Waals surface area contributed by atoms with Gasteiger partial charge >= 0.3 is 0 Å². The molecule has 2 aromatic carbocycles. The number of fused-ring (bicyclic) bond motifs is 2. The van der Waals surface area contributed by atoms with Gasteiger partial charge in [-0.3, -0.25) is 9.59 Å². The van der Waals surface area contributed by atoms with Crippen LogP contribution in [-0.4, -0.2) is 36.6 Å². The number of methoxy groups -OCH3 is 1. The second kappa shape index (κ2) is 8.06. The monoisotopic (exact) mass is 448 g/mol. The van der Waals surface area contributed by atoms with E-state index in [2.05, 4.69) is 5.32 Å². The number of rotatable bonds is 5. The van der Waals surface area contributed by atoms with Crippen molar-refractivity contribution in [1.29, 1.82) is 0 Å². The Labute approximate surface area is 190 Å². The number of hydrogen-bond acceptors (Lipinski definition) is 5. The van der Waals surface area contributed by atoms with Crippen molar-refractivity contribution in [2.75, 3.05) is 25.2 Å². The number of amides is 2. The minimum atomic E-state index is -0.868. The van der Waals surface area contributed by atoms with Crippen LogP contribution in [0.4, 0.5) is 5.69 Å². The molecule has 0 unspecified atom stereocenters. The summed E-state index contributed by atoms with van der Waals surface area (Å²) in [7, 11) is 1.61. The van der Waals surface area contributed by atoms with E-state index in [1.807, 2.05) is 60.9 Å². The summed E-state index contributed by atoms with van der Waals surface area (Å²) >= 11 is 1.64. The zero-order valence-electron chi connectivity index (χ0n) is 18.0. The quantitative estimate of drug-likeness (QED) is 0.616. The molecular weight excluding hydrogens is 424 g/mol. The van der Waals surface area contributed by atoms with E-state index in [9.17, 15) is 9.59 Å². The van der Waals surface area contributed by atoms with Crippen LogP contribution in [0.2, 0.25) is 0 Å². The van der Waals surface area contributed by atoms with Crippen molar-refractivity contribution >= 4 is 29.3 Å². The lowest BCUT2D eigenvalue weighted by Crippen LogP contribution is -2.42. The van der Waals surface area contributed by atoms with Crippen LogP contribution in [0.3, 0.4) is 0 Å². The first-order chi connectivity index (χ1) is 15.6. The lowest BCUT2D eigenvalue weighted by atomic mass is 9.72. The molecule has 0 saturated carbocycles. The number of nitrogens with one attached hydrogen (secondary N) is 1. The SMILES string of the molecule is COc1cccc([C@@H]2N(C(=O)c3ccc(CSC)o3)CC[C@]23C(=O)Nc2ccccc23)c1. The lowest BCUT2D eigenvalue weighted by Gasteiger charge is -2.34. The number of carbonyl (C=O) groups excluding carboxylic acids is 2. The fraction of sp³-hybridized carbons (Fsp3) is 0.280. The predicted octanol–water partition coefficient (Wildman–Crippen LogP) is 4.63. The Kier molecular flexibility index (Phi) is 5.21. The molecule has 1 saturated heterocycles. The Bertz CT molecular complexity index is 1190. The molecular formula is C25H24N2O4S. The molecule has 0 bridgehead atoms. The Morgan fingerprint density at radius 1 is 1.22 bits per heavy atom. The van der Waals surface area contributed by atoms with Crippen molar-refractivity contribution in [3.8, 4) is 5.75 Å². The van der Waals surface area contributed by atoms with E-state index in [1.54, 1.807) is 29.8 Å². The highest BCUT2D eigenvalue weighted by atomic mass is 32.2. The number of thioether (sulfide) groups is 1. The molecule has 2 aliphatic heterocycles. The molecule has 0 aliphatic carbocycles. The molecule has 3 aromatic rings. The molecule has 6 nitrogen and oxygen atoms in total. The third-order valence-corrected chi connectivity index (χ3v) is 6.99. The molecule has 0 radical (unpaired) electrons. The van der Waals surface area contributed by atoms with Gasteiger partial charge in [-0.05, 0) is 54.1 Å². The molecule has 2 amide bonds. The van der Waals surface area contributed by atoms with E-state index in [1.165, 1.54) is 0 Å². The number of anilines is 1. The summed E-state index contributed by atoms with van der Waals surface area (Å²) in [5.74, 6) is 2.15. The Hall–Kier alpha value is -3.19. The molecule has 3 heterocycles. The van der Waals surface area contributed by atoms with Gasteiger partial charge in [-0.1, -0.05) is 30.3 Å². The zero-order valence-corrected chi connectivity index (χ0v) is 18.8. The van der Waals surface area contributed by atoms with Gasteiger partial charge in [0.15, 0.2) is 5.76 Å². The third kappa shape index (κ3) is 3.11. The van der Waals surface area contributed by atoms with Gasteiger partial charge < -0.3 is 19.4 Å². The number of hydrogen-bond donors (Lipinski definition) is 1. The van der Waals surface area contributed by atoms with Crippen molar-refractivity contribution in [3.05, 3.63) is 83.3 Å². The number of benzene rings is 2. The highest BCUT2D eigenvalue weighted by Crippen LogP contribution is 2.55. The molecule has 2 atom stereocenters. The van der Waals surface area contributed by atoms with Crippen molar-refractivity contribution in [2.45, 2.75) is 23.6 Å². The summed E-state index contributed by atoms with van der Waals surface area (Å²) in [6, 6.07) is 18.5. The van der Waals surface area contributed by atoms with Gasteiger partial charge in [0.1, 0.15) is 16.9 Å². The van der Waals surface area contributed by atoms with Crippen molar-refractivity contribution in [2.24, 2.45) is 0 Å². The fourth-order valence-corrected chi connectivity index (χ4v) is 5.47. The van der Waals surface area contributed by atoms with Crippen molar-refractivity contribution < 1.29 is 18.7 Å². The maximum absolute atomic E-state index is 13.6. The van der Waals surface area contributed by atoms with E-state index < -0.39 is 11.5 Å². The molecule has 1 spiro atoms. The van der Waals surface area contributed by atoms with Gasteiger partial charge in [0.25, 0.3) is 5.91 Å². The van der Waals surface area contributed by atoms with Gasteiger partial charge in [0, 0.05) is 12.2 Å². The summed E-state index contributed by atoms with van der Waals surface area (Å²) in [6.45, 7) is 0.445. The van der Waals surface area contributed by atoms with E-state index >= 15 is 0 Å². The standard InChI is InChI=1S/C25H24N2O4S/c1-30-17-7-5-6-16(14-17)22-25(19-8-3-4-9-20(19)26-24(25)29)12-13-27(22)23(28)21-11-10-18(31-21)15-32-2/h3-11,14,22H,12-13,15H2,1-2H3,(H,26,29)/t22-,25+/m0/s1. The van der Waals surface area contributed by atoms with Crippen LogP contribution < -0.4 is 10.1 Å². The van der Waals surface area contributed by atoms with Crippen LogP contribution >= 0.6 is 11.8 Å². The summed E-state index contributed by atoms with van der Waals surface area (Å²) < 4.78 is 11.3. The first kappa shape index (κ1) is 20.7. The number of nitrogens with zero attached hydrogens (tertiary/aromatic N) is 1. The average molecular weight is 449 g/mol. The molecule has 2 aliphatic rings. The lowest BCUT2D eigenvalue weighted by molar-refractivity contribution is -0.121. The van der Waals surface area contributed by atoms with Gasteiger partial charge in [0.05, 0.1) is 18.9 Å². The van der Waals surface area contributed by atoms with Crippen LogP contribution in [0.15, 0.2) is 65.1 Å². The largest absolute Gasteiger partial charge is 0.497 e. The van der Waals surface area contributed by atoms with Crippen molar-refractivity contribution in [1.82, 2.24) is 4.90 Å². The highest BCUT2D eigenvalue weighted by molar-refractivity contribution is 7.97. The number of para-hydroxylation sites is 1. The summed E-state index contributed by atoms with van der Waals surface area (Å²) in [5.41, 5.74) is 1.72. The predicted molar refractivity (Wildman–Crippen MR) is 124 cm³/mol. The van der Waals surface area contributed by atoms with Crippen molar-refractivity contribution in [3.63, 3.8) is 0 Å². The average Bonchev–Trinajstić information content (AvgIpc) is 3.51. The first-order valence-electron chi connectivity index (χ1n) is 10.5. The highest BCUT2D eigenvalue weighted by Gasteiger charge is 2.59. The van der Waals surface area contributed by atoms with Crippen LogP contribution in [0.5, 0.6) is 5.75 Å². The van der Waals surface area contributed by atoms with E-state index in [0.717, 1.165) is 22.6 Å². The second-order valence-electron chi connectivity index (χ2n) is 8.10. The normalized spacial score (nSPS) is 21.6. The van der Waals surface area contributed by atoms with E-state index in [4.69, 9.17) is 9.15 Å². The topological polar surface area (TPSA) is 71.8 Å². The second-order valence-corrected chi connectivity index (χ2v) is 8.96. The molecule has 164 valence electrons. The Morgan fingerprint density at radius 3 is 2.88 bits per heavy atom. The molecule has 1 fully saturated rings. The van der Waals surface area contributed by atoms with Gasteiger partial charge in [-0.15, -0.1) is 0 Å². The van der Waals surface area contributed by atoms with Gasteiger partial charge in [0.2, 0.25) is 5.91 Å². The molecule has 7 heteroatoms. The van der Waals surface area contributed by atoms with Gasteiger partial charge in [-0.2, -0.15) is 11.8 Å². The molecule has 32 heavy (non-hydrogen) atoms. The smallest absolute Gasteiger partial charge is 0.290 e. The number of ether oxygens (including phenoxy) is 1. The van der Waals surface area contributed by atoms with Crippen LogP contribution in [0.1, 0.15) is 39.9 Å².